The minimum Gasteiger partial charge on any atom is -0.473 e. The molecule has 0 amide bonds. The van der Waals surface area contributed by atoms with Crippen LogP contribution in [-0.2, 0) is 13.2 Å². The van der Waals surface area contributed by atoms with Crippen LogP contribution in [0.4, 0.5) is 0 Å². The number of pyridine rings is 1. The minimum atomic E-state index is 0.507. The molecule has 1 aromatic heterocycles. The van der Waals surface area contributed by atoms with Crippen molar-refractivity contribution >= 4 is 5.96 Å². The second-order valence-electron chi connectivity index (χ2n) is 4.87. The van der Waals surface area contributed by atoms with Gasteiger partial charge in [0.2, 0.25) is 5.88 Å². The fraction of sp³-hybridized carbons (Fsp3) is 0.222. The lowest BCUT2D eigenvalue weighted by atomic mass is 10.2. The molecule has 0 bridgehead atoms. The smallest absolute Gasteiger partial charge is 0.213 e. The van der Waals surface area contributed by atoms with E-state index in [-0.39, 0.29) is 0 Å². The van der Waals surface area contributed by atoms with Gasteiger partial charge in [-0.15, -0.1) is 6.58 Å². The number of guanidine groups is 1. The third-order valence-corrected chi connectivity index (χ3v) is 3.13. The zero-order chi connectivity index (χ0) is 16.3. The van der Waals surface area contributed by atoms with Crippen LogP contribution in [0.3, 0.4) is 0 Å². The molecule has 5 heteroatoms. The fourth-order valence-electron chi connectivity index (χ4n) is 1.95. The fourth-order valence-corrected chi connectivity index (χ4v) is 1.95. The summed E-state index contributed by atoms with van der Waals surface area (Å²) < 4.78 is 5.73. The Morgan fingerprint density at radius 3 is 2.78 bits per heavy atom. The van der Waals surface area contributed by atoms with E-state index in [0.717, 1.165) is 17.1 Å². The van der Waals surface area contributed by atoms with Gasteiger partial charge in [-0.2, -0.15) is 0 Å². The Labute approximate surface area is 137 Å². The quantitative estimate of drug-likeness (QED) is 0.469. The molecule has 23 heavy (non-hydrogen) atoms. The highest BCUT2D eigenvalue weighted by molar-refractivity contribution is 5.79. The molecule has 0 saturated carbocycles. The SMILES string of the molecule is C=CCNC(=NC)NCc1ccnc(OCc2ccccc2)c1. The molecule has 0 aliphatic rings. The molecular formula is C18H22N4O. The third kappa shape index (κ3) is 5.82. The number of nitrogens with one attached hydrogen (secondary N) is 2. The summed E-state index contributed by atoms with van der Waals surface area (Å²) in [5, 5.41) is 6.35. The maximum Gasteiger partial charge on any atom is 0.213 e. The van der Waals surface area contributed by atoms with Gasteiger partial charge in [0.25, 0.3) is 0 Å². The van der Waals surface area contributed by atoms with Crippen LogP contribution in [-0.4, -0.2) is 24.5 Å². The second kappa shape index (κ2) is 9.25. The Morgan fingerprint density at radius 2 is 2.04 bits per heavy atom. The van der Waals surface area contributed by atoms with E-state index in [4.69, 9.17) is 4.74 Å². The topological polar surface area (TPSA) is 58.5 Å². The Bertz CT molecular complexity index is 640. The highest BCUT2D eigenvalue weighted by Crippen LogP contribution is 2.11. The lowest BCUT2D eigenvalue weighted by Crippen LogP contribution is -2.36. The normalized spacial score (nSPS) is 10.9. The molecule has 1 aromatic carbocycles. The zero-order valence-corrected chi connectivity index (χ0v) is 13.3. The molecule has 0 saturated heterocycles. The van der Waals surface area contributed by atoms with Crippen molar-refractivity contribution in [2.24, 2.45) is 4.99 Å². The number of aromatic nitrogens is 1. The van der Waals surface area contributed by atoms with Gasteiger partial charge in [-0.1, -0.05) is 36.4 Å². The number of rotatable bonds is 7. The lowest BCUT2D eigenvalue weighted by molar-refractivity contribution is 0.293. The van der Waals surface area contributed by atoms with E-state index >= 15 is 0 Å². The van der Waals surface area contributed by atoms with E-state index in [2.05, 4.69) is 27.2 Å². The molecule has 0 radical (unpaired) electrons. The first-order valence-corrected chi connectivity index (χ1v) is 7.49. The van der Waals surface area contributed by atoms with Crippen LogP contribution in [0.5, 0.6) is 5.88 Å². The first-order chi connectivity index (χ1) is 11.3. The van der Waals surface area contributed by atoms with Crippen LogP contribution in [0.15, 0.2) is 66.3 Å². The first-order valence-electron chi connectivity index (χ1n) is 7.49. The molecule has 2 N–H and O–H groups in total. The molecule has 2 aromatic rings. The number of hydrogen-bond acceptors (Lipinski definition) is 3. The molecule has 2 rings (SSSR count). The van der Waals surface area contributed by atoms with E-state index in [9.17, 15) is 0 Å². The van der Waals surface area contributed by atoms with Gasteiger partial charge < -0.3 is 15.4 Å². The van der Waals surface area contributed by atoms with E-state index in [1.165, 1.54) is 0 Å². The van der Waals surface area contributed by atoms with Crippen molar-refractivity contribution in [3.63, 3.8) is 0 Å². The third-order valence-electron chi connectivity index (χ3n) is 3.13. The Balaban J connectivity index is 1.88. The van der Waals surface area contributed by atoms with Gasteiger partial charge in [-0.3, -0.25) is 4.99 Å². The van der Waals surface area contributed by atoms with E-state index in [1.54, 1.807) is 19.3 Å². The maximum atomic E-state index is 5.73. The van der Waals surface area contributed by atoms with Gasteiger partial charge >= 0.3 is 0 Å². The summed E-state index contributed by atoms with van der Waals surface area (Å²) in [5.74, 6) is 1.34. The number of hydrogen-bond donors (Lipinski definition) is 2. The standard InChI is InChI=1S/C18H22N4O/c1-3-10-21-18(19-2)22-13-16-9-11-20-17(12-16)23-14-15-7-5-4-6-8-15/h3-9,11-12H,1,10,13-14H2,2H3,(H2,19,21,22). The number of aliphatic imine (C=N–C) groups is 1. The Kier molecular flexibility index (Phi) is 6.65. The van der Waals surface area contributed by atoms with Gasteiger partial charge in [0.15, 0.2) is 5.96 Å². The average molecular weight is 310 g/mol. The van der Waals surface area contributed by atoms with Crippen LogP contribution < -0.4 is 15.4 Å². The summed E-state index contributed by atoms with van der Waals surface area (Å²) in [5.41, 5.74) is 2.19. The average Bonchev–Trinajstić information content (AvgIpc) is 2.61. The van der Waals surface area contributed by atoms with Crippen molar-refractivity contribution in [1.29, 1.82) is 0 Å². The van der Waals surface area contributed by atoms with Crippen LogP contribution in [0, 0.1) is 0 Å². The zero-order valence-electron chi connectivity index (χ0n) is 13.3. The first kappa shape index (κ1) is 16.5. The molecule has 0 atom stereocenters. The van der Waals surface area contributed by atoms with Crippen molar-refractivity contribution in [2.75, 3.05) is 13.6 Å². The summed E-state index contributed by atoms with van der Waals surface area (Å²) in [4.78, 5) is 8.38. The van der Waals surface area contributed by atoms with Crippen molar-refractivity contribution in [1.82, 2.24) is 15.6 Å². The monoisotopic (exact) mass is 310 g/mol. The van der Waals surface area contributed by atoms with E-state index < -0.39 is 0 Å². The van der Waals surface area contributed by atoms with Crippen LogP contribution in [0.25, 0.3) is 0 Å². The molecule has 0 aliphatic carbocycles. The summed E-state index contributed by atoms with van der Waals surface area (Å²) in [6.07, 6.45) is 3.53. The predicted octanol–water partition coefficient (Wildman–Crippen LogP) is 2.51. The van der Waals surface area contributed by atoms with Gasteiger partial charge in [0.05, 0.1) is 0 Å². The largest absolute Gasteiger partial charge is 0.473 e. The summed E-state index contributed by atoms with van der Waals surface area (Å²) in [6, 6.07) is 13.9. The molecule has 0 fully saturated rings. The maximum absolute atomic E-state index is 5.73. The van der Waals surface area contributed by atoms with E-state index in [1.807, 2.05) is 42.5 Å². The minimum absolute atomic E-state index is 0.507. The molecule has 0 unspecified atom stereocenters. The number of nitrogens with zero attached hydrogens (tertiary/aromatic N) is 2. The van der Waals surface area contributed by atoms with Crippen molar-refractivity contribution in [3.8, 4) is 5.88 Å². The number of benzene rings is 1. The molecule has 0 spiro atoms. The second-order valence-corrected chi connectivity index (χ2v) is 4.87. The van der Waals surface area contributed by atoms with E-state index in [0.29, 0.717) is 25.6 Å². The van der Waals surface area contributed by atoms with Gasteiger partial charge in [0, 0.05) is 32.4 Å². The van der Waals surface area contributed by atoms with Gasteiger partial charge in [0.1, 0.15) is 6.61 Å². The Hall–Kier alpha value is -2.82. The summed E-state index contributed by atoms with van der Waals surface area (Å²) in [7, 11) is 1.74. The Morgan fingerprint density at radius 1 is 1.22 bits per heavy atom. The lowest BCUT2D eigenvalue weighted by Gasteiger charge is -2.11. The predicted molar refractivity (Wildman–Crippen MR) is 93.4 cm³/mol. The van der Waals surface area contributed by atoms with Crippen LogP contribution in [0.1, 0.15) is 11.1 Å². The van der Waals surface area contributed by atoms with Crippen molar-refractivity contribution < 1.29 is 4.74 Å². The number of ether oxygens (including phenoxy) is 1. The van der Waals surface area contributed by atoms with Gasteiger partial charge in [-0.25, -0.2) is 4.98 Å². The highest BCUT2D eigenvalue weighted by Gasteiger charge is 2.01. The molecular weight excluding hydrogens is 288 g/mol. The molecule has 120 valence electrons. The van der Waals surface area contributed by atoms with Crippen LogP contribution in [0.2, 0.25) is 0 Å². The summed E-state index contributed by atoms with van der Waals surface area (Å²) in [6.45, 7) is 5.49. The highest BCUT2D eigenvalue weighted by atomic mass is 16.5. The van der Waals surface area contributed by atoms with Crippen molar-refractivity contribution in [2.45, 2.75) is 13.2 Å². The van der Waals surface area contributed by atoms with Crippen LogP contribution >= 0.6 is 0 Å². The summed E-state index contributed by atoms with van der Waals surface area (Å²) >= 11 is 0. The molecule has 0 aliphatic heterocycles. The molecule has 1 heterocycles. The van der Waals surface area contributed by atoms with Gasteiger partial charge in [-0.05, 0) is 17.2 Å². The molecule has 5 nitrogen and oxygen atoms in total. The van der Waals surface area contributed by atoms with Crippen molar-refractivity contribution in [3.05, 3.63) is 72.4 Å².